The highest BCUT2D eigenvalue weighted by atomic mass is 79.9. The molecular weight excluding hydrogens is 342 g/mol. The van der Waals surface area contributed by atoms with E-state index in [-0.39, 0.29) is 5.88 Å². The van der Waals surface area contributed by atoms with Gasteiger partial charge < -0.3 is 5.11 Å². The molecule has 1 N–H and O–H groups in total. The minimum atomic E-state index is 0.128. The molecule has 0 aliphatic rings. The average molecular weight is 353 g/mol. The van der Waals surface area contributed by atoms with Crippen LogP contribution in [0.3, 0.4) is 0 Å². The zero-order chi connectivity index (χ0) is 14.3. The topological polar surface area (TPSA) is 50.4 Å². The predicted octanol–water partition coefficient (Wildman–Crippen LogP) is 3.75. The lowest BCUT2D eigenvalue weighted by Gasteiger charge is -2.10. The van der Waals surface area contributed by atoms with Gasteiger partial charge in [0.15, 0.2) is 5.65 Å². The minimum absolute atomic E-state index is 0.128. The second kappa shape index (κ2) is 5.07. The van der Waals surface area contributed by atoms with E-state index in [1.165, 1.54) is 4.52 Å². The van der Waals surface area contributed by atoms with Crippen LogP contribution in [0.5, 0.6) is 5.88 Å². The first-order chi connectivity index (χ1) is 9.56. The van der Waals surface area contributed by atoms with Gasteiger partial charge in [-0.3, -0.25) is 0 Å². The fourth-order valence-corrected chi connectivity index (χ4v) is 2.68. The predicted molar refractivity (Wildman–Crippen MR) is 81.3 cm³/mol. The molecule has 4 nitrogen and oxygen atoms in total. The summed E-state index contributed by atoms with van der Waals surface area (Å²) in [6, 6.07) is 7.45. The van der Waals surface area contributed by atoms with E-state index in [9.17, 15) is 5.11 Å². The van der Waals surface area contributed by atoms with Gasteiger partial charge in [-0.2, -0.15) is 9.61 Å². The molecule has 0 saturated carbocycles. The number of hydrogen-bond donors (Lipinski definition) is 1. The van der Waals surface area contributed by atoms with Gasteiger partial charge in [0, 0.05) is 28.2 Å². The van der Waals surface area contributed by atoms with Crippen molar-refractivity contribution in [3.63, 3.8) is 0 Å². The Bertz CT molecular complexity index is 800. The summed E-state index contributed by atoms with van der Waals surface area (Å²) in [5.74, 6) is 0.128. The number of fused-ring (bicyclic) bond motifs is 1. The van der Waals surface area contributed by atoms with E-state index in [0.717, 1.165) is 21.3 Å². The molecule has 3 rings (SSSR count). The van der Waals surface area contributed by atoms with Crippen molar-refractivity contribution in [3.8, 4) is 5.88 Å². The summed E-state index contributed by atoms with van der Waals surface area (Å²) in [5.41, 5.74) is 3.23. The first-order valence-corrected chi connectivity index (χ1v) is 7.19. The highest BCUT2D eigenvalue weighted by molar-refractivity contribution is 9.10. The fourth-order valence-electron chi connectivity index (χ4n) is 2.13. The molecule has 2 aromatic heterocycles. The molecule has 0 amide bonds. The van der Waals surface area contributed by atoms with E-state index in [0.29, 0.717) is 17.1 Å². The molecule has 3 aromatic rings. The van der Waals surface area contributed by atoms with Gasteiger partial charge in [-0.25, -0.2) is 4.98 Å². The summed E-state index contributed by atoms with van der Waals surface area (Å²) in [6.45, 7) is 1.88. The van der Waals surface area contributed by atoms with Crippen molar-refractivity contribution in [2.75, 3.05) is 0 Å². The molecule has 0 bridgehead atoms. The summed E-state index contributed by atoms with van der Waals surface area (Å²) >= 11 is 9.39. The summed E-state index contributed by atoms with van der Waals surface area (Å²) in [4.78, 5) is 4.44. The Kier molecular flexibility index (Phi) is 3.40. The zero-order valence-corrected chi connectivity index (χ0v) is 13.0. The smallest absolute Gasteiger partial charge is 0.219 e. The molecule has 2 heterocycles. The van der Waals surface area contributed by atoms with Crippen LogP contribution in [0.2, 0.25) is 5.02 Å². The van der Waals surface area contributed by atoms with Gasteiger partial charge in [0.25, 0.3) is 0 Å². The van der Waals surface area contributed by atoms with Gasteiger partial charge in [-0.05, 0) is 40.5 Å². The monoisotopic (exact) mass is 351 g/mol. The summed E-state index contributed by atoms with van der Waals surface area (Å²) in [5, 5.41) is 15.1. The number of aromatic hydroxyl groups is 1. The summed E-state index contributed by atoms with van der Waals surface area (Å²) < 4.78 is 2.27. The molecule has 6 heteroatoms. The lowest BCUT2D eigenvalue weighted by atomic mass is 10.0. The average Bonchev–Trinajstić information content (AvgIpc) is 2.87. The van der Waals surface area contributed by atoms with Gasteiger partial charge in [0.05, 0.1) is 11.2 Å². The highest BCUT2D eigenvalue weighted by Crippen LogP contribution is 2.27. The number of aryl methyl sites for hydroxylation is 1. The fraction of sp³-hybridized carbons (Fsp3) is 0.143. The molecular formula is C14H11BrClN3O. The van der Waals surface area contributed by atoms with Gasteiger partial charge >= 0.3 is 0 Å². The number of rotatable bonds is 2. The van der Waals surface area contributed by atoms with Crippen molar-refractivity contribution in [1.82, 2.24) is 14.6 Å². The lowest BCUT2D eigenvalue weighted by molar-refractivity contribution is 0.428. The number of nitrogens with zero attached hydrogens (tertiary/aromatic N) is 3. The Morgan fingerprint density at radius 1 is 1.35 bits per heavy atom. The third kappa shape index (κ3) is 2.27. The van der Waals surface area contributed by atoms with E-state index < -0.39 is 0 Å². The van der Waals surface area contributed by atoms with Crippen LogP contribution in [0.1, 0.15) is 16.8 Å². The Morgan fingerprint density at radius 2 is 2.15 bits per heavy atom. The molecule has 20 heavy (non-hydrogen) atoms. The zero-order valence-electron chi connectivity index (χ0n) is 10.6. The Balaban J connectivity index is 2.07. The highest BCUT2D eigenvalue weighted by Gasteiger charge is 2.13. The van der Waals surface area contributed by atoms with Gasteiger partial charge in [-0.15, -0.1) is 0 Å². The third-order valence-corrected chi connectivity index (χ3v) is 4.39. The molecule has 1 aromatic carbocycles. The Labute approximate surface area is 129 Å². The van der Waals surface area contributed by atoms with Gasteiger partial charge in [-0.1, -0.05) is 17.7 Å². The standard InChI is InChI=1S/C14H11BrClN3O/c1-8-10(6-9-2-3-12(16)11(15)7-9)14(20)19-13(18-8)4-5-17-19/h2-5,7,20H,6H2,1H3. The molecule has 0 radical (unpaired) electrons. The summed E-state index contributed by atoms with van der Waals surface area (Å²) in [7, 11) is 0. The first-order valence-electron chi connectivity index (χ1n) is 6.02. The van der Waals surface area contributed by atoms with Crippen molar-refractivity contribution < 1.29 is 5.11 Å². The molecule has 0 aliphatic heterocycles. The Morgan fingerprint density at radius 3 is 2.90 bits per heavy atom. The van der Waals surface area contributed by atoms with E-state index in [2.05, 4.69) is 26.0 Å². The molecule has 0 saturated heterocycles. The molecule has 0 spiro atoms. The van der Waals surface area contributed by atoms with Crippen LogP contribution in [0, 0.1) is 6.92 Å². The van der Waals surface area contributed by atoms with E-state index >= 15 is 0 Å². The molecule has 0 fully saturated rings. The maximum Gasteiger partial charge on any atom is 0.219 e. The van der Waals surface area contributed by atoms with Crippen LogP contribution < -0.4 is 0 Å². The first kappa shape index (κ1) is 13.4. The number of halogens is 2. The van der Waals surface area contributed by atoms with Crippen LogP contribution in [0.25, 0.3) is 5.65 Å². The molecule has 0 atom stereocenters. The molecule has 0 aliphatic carbocycles. The normalized spacial score (nSPS) is 11.2. The van der Waals surface area contributed by atoms with E-state index in [1.807, 2.05) is 25.1 Å². The number of benzene rings is 1. The largest absolute Gasteiger partial charge is 0.493 e. The second-order valence-corrected chi connectivity index (χ2v) is 5.79. The van der Waals surface area contributed by atoms with E-state index in [1.54, 1.807) is 12.3 Å². The van der Waals surface area contributed by atoms with Gasteiger partial charge in [0.2, 0.25) is 5.88 Å². The second-order valence-electron chi connectivity index (χ2n) is 4.53. The van der Waals surface area contributed by atoms with Crippen LogP contribution in [-0.4, -0.2) is 19.7 Å². The van der Waals surface area contributed by atoms with Gasteiger partial charge in [0.1, 0.15) is 0 Å². The maximum atomic E-state index is 10.3. The quantitative estimate of drug-likeness (QED) is 0.764. The number of aromatic nitrogens is 3. The minimum Gasteiger partial charge on any atom is -0.493 e. The molecule has 0 unspecified atom stereocenters. The Hall–Kier alpha value is -1.59. The van der Waals surface area contributed by atoms with Crippen molar-refractivity contribution in [2.24, 2.45) is 0 Å². The van der Waals surface area contributed by atoms with Crippen LogP contribution in [0.4, 0.5) is 0 Å². The van der Waals surface area contributed by atoms with Crippen LogP contribution in [0.15, 0.2) is 34.9 Å². The van der Waals surface area contributed by atoms with Crippen LogP contribution >= 0.6 is 27.5 Å². The summed E-state index contributed by atoms with van der Waals surface area (Å²) in [6.07, 6.45) is 2.18. The van der Waals surface area contributed by atoms with Crippen molar-refractivity contribution in [2.45, 2.75) is 13.3 Å². The number of hydrogen-bond acceptors (Lipinski definition) is 3. The lowest BCUT2D eigenvalue weighted by Crippen LogP contribution is -2.02. The third-order valence-electron chi connectivity index (χ3n) is 3.18. The van der Waals surface area contributed by atoms with Crippen molar-refractivity contribution in [3.05, 3.63) is 56.8 Å². The van der Waals surface area contributed by atoms with E-state index in [4.69, 9.17) is 11.6 Å². The van der Waals surface area contributed by atoms with Crippen molar-refractivity contribution >= 4 is 33.2 Å². The van der Waals surface area contributed by atoms with Crippen LogP contribution in [-0.2, 0) is 6.42 Å². The maximum absolute atomic E-state index is 10.3. The SMILES string of the molecule is Cc1nc2ccnn2c(O)c1Cc1ccc(Cl)c(Br)c1. The molecule has 102 valence electrons. The van der Waals surface area contributed by atoms with Crippen molar-refractivity contribution in [1.29, 1.82) is 0 Å².